The van der Waals surface area contributed by atoms with Crippen LogP contribution in [0.25, 0.3) is 0 Å². The van der Waals surface area contributed by atoms with E-state index in [1.165, 1.54) is 6.42 Å². The van der Waals surface area contributed by atoms with E-state index in [0.717, 1.165) is 23.4 Å². The second kappa shape index (κ2) is 6.21. The van der Waals surface area contributed by atoms with Gasteiger partial charge in [0.1, 0.15) is 0 Å². The van der Waals surface area contributed by atoms with Crippen LogP contribution in [0.2, 0.25) is 5.02 Å². The molecule has 0 spiro atoms. The fourth-order valence-corrected chi connectivity index (χ4v) is 2.41. The van der Waals surface area contributed by atoms with Gasteiger partial charge in [0.15, 0.2) is 0 Å². The largest absolute Gasteiger partial charge is 0.481 e. The van der Waals surface area contributed by atoms with Crippen molar-refractivity contribution in [1.82, 2.24) is 5.32 Å². The molecule has 0 saturated heterocycles. The molecule has 1 atom stereocenters. The Bertz CT molecular complexity index is 401. The predicted octanol–water partition coefficient (Wildman–Crippen LogP) is 3.07. The summed E-state index contributed by atoms with van der Waals surface area (Å²) in [6.07, 6.45) is 3.72. The Balaban J connectivity index is 1.88. The lowest BCUT2D eigenvalue weighted by Crippen LogP contribution is -2.40. The number of carboxylic acids is 1. The highest BCUT2D eigenvalue weighted by molar-refractivity contribution is 6.30. The molecule has 0 bridgehead atoms. The van der Waals surface area contributed by atoms with Gasteiger partial charge in [-0.1, -0.05) is 30.2 Å². The molecule has 1 unspecified atom stereocenters. The number of carboxylic acid groups (broad SMARTS) is 1. The summed E-state index contributed by atoms with van der Waals surface area (Å²) in [5.74, 6) is -0.205. The van der Waals surface area contributed by atoms with Crippen molar-refractivity contribution in [2.75, 3.05) is 0 Å². The highest BCUT2D eigenvalue weighted by Gasteiger charge is 2.28. The van der Waals surface area contributed by atoms with E-state index in [-0.39, 0.29) is 12.5 Å². The van der Waals surface area contributed by atoms with Gasteiger partial charge in [0, 0.05) is 17.6 Å². The summed E-state index contributed by atoms with van der Waals surface area (Å²) in [5.41, 5.74) is 1.13. The number of hydrogen-bond acceptors (Lipinski definition) is 2. The molecule has 1 saturated carbocycles. The number of hydrogen-bond donors (Lipinski definition) is 2. The van der Waals surface area contributed by atoms with Gasteiger partial charge in [0.25, 0.3) is 0 Å². The van der Waals surface area contributed by atoms with E-state index in [1.54, 1.807) is 0 Å². The van der Waals surface area contributed by atoms with Crippen molar-refractivity contribution in [3.63, 3.8) is 0 Å². The van der Waals surface area contributed by atoms with Crippen LogP contribution in [0.1, 0.15) is 31.2 Å². The van der Waals surface area contributed by atoms with Crippen LogP contribution < -0.4 is 5.32 Å². The molecule has 4 heteroatoms. The molecule has 2 rings (SSSR count). The molecule has 1 aliphatic rings. The van der Waals surface area contributed by atoms with E-state index in [0.29, 0.717) is 12.5 Å². The van der Waals surface area contributed by atoms with Crippen molar-refractivity contribution >= 4 is 17.6 Å². The number of rotatable bonds is 6. The highest BCUT2D eigenvalue weighted by atomic mass is 35.5. The van der Waals surface area contributed by atoms with E-state index < -0.39 is 5.97 Å². The summed E-state index contributed by atoms with van der Waals surface area (Å²) in [6.45, 7) is 0.700. The molecule has 18 heavy (non-hydrogen) atoms. The van der Waals surface area contributed by atoms with Crippen LogP contribution in [0.3, 0.4) is 0 Å². The second-order valence-corrected chi connectivity index (χ2v) is 5.34. The zero-order valence-electron chi connectivity index (χ0n) is 10.2. The number of benzene rings is 1. The van der Waals surface area contributed by atoms with Gasteiger partial charge in [-0.2, -0.15) is 0 Å². The third-order valence-electron chi connectivity index (χ3n) is 3.60. The number of halogens is 1. The number of nitrogens with one attached hydrogen (secondary N) is 1. The lowest BCUT2D eigenvalue weighted by Gasteiger charge is -2.33. The Morgan fingerprint density at radius 3 is 2.56 bits per heavy atom. The van der Waals surface area contributed by atoms with Gasteiger partial charge in [-0.05, 0) is 36.5 Å². The van der Waals surface area contributed by atoms with Crippen LogP contribution in [-0.4, -0.2) is 17.1 Å². The van der Waals surface area contributed by atoms with E-state index in [1.807, 2.05) is 24.3 Å². The Hall–Kier alpha value is -1.06. The fraction of sp³-hybridized carbons (Fsp3) is 0.500. The first-order valence-electron chi connectivity index (χ1n) is 6.35. The van der Waals surface area contributed by atoms with Crippen LogP contribution in [0, 0.1) is 5.92 Å². The predicted molar refractivity (Wildman–Crippen MR) is 71.7 cm³/mol. The summed E-state index contributed by atoms with van der Waals surface area (Å²) in [7, 11) is 0. The third kappa shape index (κ3) is 3.72. The van der Waals surface area contributed by atoms with Crippen molar-refractivity contribution in [2.45, 2.75) is 38.3 Å². The SMILES string of the molecule is O=C(O)CC(NCc1ccc(Cl)cc1)C1CCC1. The molecule has 3 nitrogen and oxygen atoms in total. The molecule has 0 aromatic heterocycles. The molecule has 0 amide bonds. The summed E-state index contributed by atoms with van der Waals surface area (Å²) in [5, 5.41) is 13.0. The molecule has 2 N–H and O–H groups in total. The van der Waals surface area contributed by atoms with Gasteiger partial charge in [-0.3, -0.25) is 4.79 Å². The van der Waals surface area contributed by atoms with Crippen LogP contribution in [0.5, 0.6) is 0 Å². The number of carbonyl (C=O) groups is 1. The Morgan fingerprint density at radius 1 is 1.39 bits per heavy atom. The average Bonchev–Trinajstić information content (AvgIpc) is 2.25. The average molecular weight is 268 g/mol. The van der Waals surface area contributed by atoms with Crippen molar-refractivity contribution in [3.8, 4) is 0 Å². The van der Waals surface area contributed by atoms with Crippen LogP contribution in [0.4, 0.5) is 0 Å². The minimum Gasteiger partial charge on any atom is -0.481 e. The normalized spacial score (nSPS) is 17.2. The summed E-state index contributed by atoms with van der Waals surface area (Å²) < 4.78 is 0. The van der Waals surface area contributed by atoms with Gasteiger partial charge in [-0.15, -0.1) is 0 Å². The number of aliphatic carboxylic acids is 1. The van der Waals surface area contributed by atoms with Gasteiger partial charge < -0.3 is 10.4 Å². The maximum atomic E-state index is 10.9. The molecule has 0 aliphatic heterocycles. The molecule has 0 heterocycles. The minimum atomic E-state index is -0.726. The standard InChI is InChI=1S/C14H18ClNO2/c15-12-6-4-10(5-7-12)9-16-13(8-14(17)18)11-2-1-3-11/h4-7,11,13,16H,1-3,8-9H2,(H,17,18). The van der Waals surface area contributed by atoms with Crippen molar-refractivity contribution in [2.24, 2.45) is 5.92 Å². The van der Waals surface area contributed by atoms with E-state index in [9.17, 15) is 4.79 Å². The second-order valence-electron chi connectivity index (χ2n) is 4.90. The molecule has 1 aromatic rings. The highest BCUT2D eigenvalue weighted by Crippen LogP contribution is 2.31. The van der Waals surface area contributed by atoms with E-state index in [4.69, 9.17) is 16.7 Å². The quantitative estimate of drug-likeness (QED) is 0.833. The minimum absolute atomic E-state index is 0.0897. The molecule has 1 aromatic carbocycles. The zero-order valence-corrected chi connectivity index (χ0v) is 11.0. The summed E-state index contributed by atoms with van der Waals surface area (Å²) in [6, 6.07) is 7.73. The van der Waals surface area contributed by atoms with Crippen LogP contribution >= 0.6 is 11.6 Å². The first-order valence-corrected chi connectivity index (χ1v) is 6.72. The fourth-order valence-electron chi connectivity index (χ4n) is 2.29. The van der Waals surface area contributed by atoms with Crippen molar-refractivity contribution in [3.05, 3.63) is 34.9 Å². The van der Waals surface area contributed by atoms with Crippen LogP contribution in [-0.2, 0) is 11.3 Å². The molecular weight excluding hydrogens is 250 g/mol. The Kier molecular flexibility index (Phi) is 4.61. The molecule has 1 fully saturated rings. The molecule has 1 aliphatic carbocycles. The van der Waals surface area contributed by atoms with Gasteiger partial charge in [-0.25, -0.2) is 0 Å². The third-order valence-corrected chi connectivity index (χ3v) is 3.85. The maximum absolute atomic E-state index is 10.9. The van der Waals surface area contributed by atoms with Gasteiger partial charge in [0.05, 0.1) is 6.42 Å². The smallest absolute Gasteiger partial charge is 0.304 e. The molecule has 98 valence electrons. The summed E-state index contributed by atoms with van der Waals surface area (Å²) >= 11 is 5.83. The van der Waals surface area contributed by atoms with E-state index >= 15 is 0 Å². The van der Waals surface area contributed by atoms with Crippen molar-refractivity contribution in [1.29, 1.82) is 0 Å². The first-order chi connectivity index (χ1) is 8.65. The topological polar surface area (TPSA) is 49.3 Å². The zero-order chi connectivity index (χ0) is 13.0. The monoisotopic (exact) mass is 267 g/mol. The van der Waals surface area contributed by atoms with Crippen LogP contribution in [0.15, 0.2) is 24.3 Å². The van der Waals surface area contributed by atoms with Gasteiger partial charge in [0.2, 0.25) is 0 Å². The van der Waals surface area contributed by atoms with E-state index in [2.05, 4.69) is 5.32 Å². The summed E-state index contributed by atoms with van der Waals surface area (Å²) in [4.78, 5) is 10.9. The Morgan fingerprint density at radius 2 is 2.06 bits per heavy atom. The maximum Gasteiger partial charge on any atom is 0.304 e. The first kappa shape index (κ1) is 13.4. The molecule has 0 radical (unpaired) electrons. The van der Waals surface area contributed by atoms with Gasteiger partial charge >= 0.3 is 5.97 Å². The Labute approximate surface area is 112 Å². The van der Waals surface area contributed by atoms with Crippen molar-refractivity contribution < 1.29 is 9.90 Å². The lowest BCUT2D eigenvalue weighted by molar-refractivity contribution is -0.138. The molecular formula is C14H18ClNO2. The lowest BCUT2D eigenvalue weighted by atomic mass is 9.78.